The summed E-state index contributed by atoms with van der Waals surface area (Å²) in [5.41, 5.74) is 0.0190. The van der Waals surface area contributed by atoms with Crippen molar-refractivity contribution in [2.75, 3.05) is 26.2 Å². The number of aliphatic carboxylic acids is 3. The van der Waals surface area contributed by atoms with Crippen LogP contribution in [-0.4, -0.2) is 81.3 Å². The molecular formula is C18H32N2O6. The Morgan fingerprint density at radius 3 is 1.69 bits per heavy atom. The predicted molar refractivity (Wildman–Crippen MR) is 96.1 cm³/mol. The van der Waals surface area contributed by atoms with Crippen LogP contribution < -0.4 is 0 Å². The summed E-state index contributed by atoms with van der Waals surface area (Å²) in [4.78, 5) is 37.1. The van der Waals surface area contributed by atoms with Crippen LogP contribution in [0.15, 0.2) is 0 Å². The fraction of sp³-hybridized carbons (Fsp3) is 0.833. The fourth-order valence-corrected chi connectivity index (χ4v) is 4.01. The topological polar surface area (TPSA) is 118 Å². The molecule has 1 rings (SSSR count). The third-order valence-electron chi connectivity index (χ3n) is 5.37. The van der Waals surface area contributed by atoms with Gasteiger partial charge in [0.05, 0.1) is 19.6 Å². The molecule has 3 atom stereocenters. The molecule has 150 valence electrons. The second-order valence-electron chi connectivity index (χ2n) is 8.16. The van der Waals surface area contributed by atoms with Crippen LogP contribution in [-0.2, 0) is 14.4 Å². The van der Waals surface area contributed by atoms with Crippen molar-refractivity contribution >= 4 is 17.9 Å². The van der Waals surface area contributed by atoms with Crippen molar-refractivity contribution in [2.24, 2.45) is 11.3 Å². The molecule has 1 aliphatic rings. The molecule has 0 amide bonds. The predicted octanol–water partition coefficient (Wildman–Crippen LogP) is 1.45. The quantitative estimate of drug-likeness (QED) is 0.556. The minimum atomic E-state index is -1.08. The van der Waals surface area contributed by atoms with E-state index in [4.69, 9.17) is 0 Å². The third-order valence-corrected chi connectivity index (χ3v) is 5.37. The first-order chi connectivity index (χ1) is 12.0. The lowest BCUT2D eigenvalue weighted by Gasteiger charge is -2.48. The molecule has 8 heteroatoms. The van der Waals surface area contributed by atoms with Gasteiger partial charge in [-0.25, -0.2) is 0 Å². The Kier molecular flexibility index (Phi) is 8.02. The molecule has 0 aromatic rings. The van der Waals surface area contributed by atoms with Gasteiger partial charge in [0.25, 0.3) is 0 Å². The van der Waals surface area contributed by atoms with Gasteiger partial charge in [-0.05, 0) is 37.1 Å². The third kappa shape index (κ3) is 6.57. The second-order valence-corrected chi connectivity index (χ2v) is 8.16. The highest BCUT2D eigenvalue weighted by atomic mass is 16.4. The van der Waals surface area contributed by atoms with Gasteiger partial charge in [0.2, 0.25) is 0 Å². The fourth-order valence-electron chi connectivity index (χ4n) is 4.01. The lowest BCUT2D eigenvalue weighted by Crippen LogP contribution is -2.58. The van der Waals surface area contributed by atoms with Gasteiger partial charge in [-0.15, -0.1) is 0 Å². The molecule has 0 aromatic carbocycles. The van der Waals surface area contributed by atoms with E-state index in [2.05, 4.69) is 20.8 Å². The minimum absolute atomic E-state index is 0.0190. The molecule has 0 radical (unpaired) electrons. The van der Waals surface area contributed by atoms with Crippen molar-refractivity contribution < 1.29 is 29.7 Å². The highest BCUT2D eigenvalue weighted by Crippen LogP contribution is 2.40. The van der Waals surface area contributed by atoms with Crippen LogP contribution >= 0.6 is 0 Å². The molecule has 0 spiro atoms. The van der Waals surface area contributed by atoms with Crippen LogP contribution in [0.2, 0.25) is 0 Å². The van der Waals surface area contributed by atoms with Crippen LogP contribution in [0.1, 0.15) is 47.0 Å². The molecule has 1 saturated carbocycles. The average Bonchev–Trinajstić information content (AvgIpc) is 2.49. The Morgan fingerprint density at radius 1 is 0.846 bits per heavy atom. The van der Waals surface area contributed by atoms with E-state index >= 15 is 0 Å². The van der Waals surface area contributed by atoms with Crippen molar-refractivity contribution in [3.8, 4) is 0 Å². The number of carboxylic acid groups (broad SMARTS) is 3. The summed E-state index contributed by atoms with van der Waals surface area (Å²) in [6.07, 6.45) is 2.29. The van der Waals surface area contributed by atoms with E-state index in [1.54, 1.807) is 0 Å². The molecular weight excluding hydrogens is 340 g/mol. The van der Waals surface area contributed by atoms with Gasteiger partial charge < -0.3 is 15.3 Å². The zero-order valence-corrected chi connectivity index (χ0v) is 16.1. The van der Waals surface area contributed by atoms with Gasteiger partial charge in [-0.2, -0.15) is 0 Å². The Morgan fingerprint density at radius 2 is 1.31 bits per heavy atom. The van der Waals surface area contributed by atoms with E-state index in [1.807, 2.05) is 11.8 Å². The van der Waals surface area contributed by atoms with Crippen molar-refractivity contribution in [1.82, 2.24) is 9.80 Å². The Hall–Kier alpha value is -1.67. The maximum Gasteiger partial charge on any atom is 0.317 e. The van der Waals surface area contributed by atoms with Crippen LogP contribution in [0.25, 0.3) is 0 Å². The Labute approximate surface area is 154 Å². The van der Waals surface area contributed by atoms with E-state index in [0.29, 0.717) is 18.9 Å². The van der Waals surface area contributed by atoms with Crippen LogP contribution in [0.5, 0.6) is 0 Å². The number of nitrogens with zero attached hydrogens (tertiary/aromatic N) is 2. The summed E-state index contributed by atoms with van der Waals surface area (Å²) in [5.74, 6) is -2.78. The molecule has 0 bridgehead atoms. The first-order valence-corrected chi connectivity index (χ1v) is 9.09. The summed E-state index contributed by atoms with van der Waals surface area (Å²) >= 11 is 0. The van der Waals surface area contributed by atoms with Gasteiger partial charge in [0.1, 0.15) is 0 Å². The monoisotopic (exact) mass is 372 g/mol. The van der Waals surface area contributed by atoms with Crippen LogP contribution in [0, 0.1) is 11.3 Å². The standard InChI is InChI=1S/C18H32N2O6/c1-5-19(9-15(21)22)13-7-6-12(18(2,3)4)8-14(13)20(10-16(23)24)11-17(25)26/h12-14H,5-11H2,1-4H3,(H,21,22)(H,23,24)(H,25,26). The zero-order chi connectivity index (χ0) is 20.1. The number of rotatable bonds is 9. The summed E-state index contributed by atoms with van der Waals surface area (Å²) in [6.45, 7) is 7.90. The minimum Gasteiger partial charge on any atom is -0.480 e. The van der Waals surface area contributed by atoms with Gasteiger partial charge in [0, 0.05) is 12.1 Å². The molecule has 1 aliphatic carbocycles. The SMILES string of the molecule is CCN(CC(=O)O)C1CCC(C(C)(C)C)CC1N(CC(=O)O)CC(=O)O. The highest BCUT2D eigenvalue weighted by Gasteiger charge is 2.41. The van der Waals surface area contributed by atoms with E-state index in [1.165, 1.54) is 4.90 Å². The molecule has 0 saturated heterocycles. The van der Waals surface area contributed by atoms with E-state index in [9.17, 15) is 29.7 Å². The van der Waals surface area contributed by atoms with E-state index in [-0.39, 0.29) is 37.1 Å². The zero-order valence-electron chi connectivity index (χ0n) is 16.1. The molecule has 3 N–H and O–H groups in total. The largest absolute Gasteiger partial charge is 0.480 e. The molecule has 8 nitrogen and oxygen atoms in total. The normalized spacial score (nSPS) is 24.0. The summed E-state index contributed by atoms with van der Waals surface area (Å²) in [5, 5.41) is 27.7. The van der Waals surface area contributed by atoms with E-state index in [0.717, 1.165) is 12.8 Å². The van der Waals surface area contributed by atoms with Gasteiger partial charge in [-0.3, -0.25) is 24.2 Å². The second kappa shape index (κ2) is 9.32. The van der Waals surface area contributed by atoms with E-state index < -0.39 is 17.9 Å². The molecule has 1 fully saturated rings. The lowest BCUT2D eigenvalue weighted by atomic mass is 9.69. The first-order valence-electron chi connectivity index (χ1n) is 9.09. The molecule has 0 heterocycles. The number of carboxylic acids is 3. The molecule has 0 aromatic heterocycles. The Bertz CT molecular complexity index is 500. The molecule has 3 unspecified atom stereocenters. The van der Waals surface area contributed by atoms with Crippen molar-refractivity contribution in [3.63, 3.8) is 0 Å². The summed E-state index contributed by atoms with van der Waals surface area (Å²) < 4.78 is 0. The van der Waals surface area contributed by atoms with Crippen LogP contribution in [0.3, 0.4) is 0 Å². The lowest BCUT2D eigenvalue weighted by molar-refractivity contribution is -0.146. The van der Waals surface area contributed by atoms with Crippen LogP contribution in [0.4, 0.5) is 0 Å². The summed E-state index contributed by atoms with van der Waals surface area (Å²) in [7, 11) is 0. The van der Waals surface area contributed by atoms with Gasteiger partial charge in [0.15, 0.2) is 0 Å². The number of carbonyl (C=O) groups is 3. The first kappa shape index (κ1) is 22.4. The molecule has 26 heavy (non-hydrogen) atoms. The van der Waals surface area contributed by atoms with Crippen molar-refractivity contribution in [2.45, 2.75) is 59.0 Å². The number of likely N-dealkylation sites (N-methyl/N-ethyl adjacent to an activating group) is 1. The Balaban J connectivity index is 3.17. The maximum absolute atomic E-state index is 11.3. The van der Waals surface area contributed by atoms with Gasteiger partial charge >= 0.3 is 17.9 Å². The average molecular weight is 372 g/mol. The van der Waals surface area contributed by atoms with Gasteiger partial charge in [-0.1, -0.05) is 27.7 Å². The summed E-state index contributed by atoms with van der Waals surface area (Å²) in [6, 6.07) is -0.479. The van der Waals surface area contributed by atoms with Crippen molar-refractivity contribution in [1.29, 1.82) is 0 Å². The van der Waals surface area contributed by atoms with Crippen molar-refractivity contribution in [3.05, 3.63) is 0 Å². The number of hydrogen-bond donors (Lipinski definition) is 3. The molecule has 0 aliphatic heterocycles. The smallest absolute Gasteiger partial charge is 0.317 e. The number of hydrogen-bond acceptors (Lipinski definition) is 5. The highest BCUT2D eigenvalue weighted by molar-refractivity contribution is 5.72. The maximum atomic E-state index is 11.3.